The summed E-state index contributed by atoms with van der Waals surface area (Å²) < 4.78 is 0. The predicted octanol–water partition coefficient (Wildman–Crippen LogP) is -1.12. The average Bonchev–Trinajstić information content (AvgIpc) is 2.87. The molecule has 2 fully saturated rings. The number of nitrogens with one attached hydrogen (secondary N) is 1. The summed E-state index contributed by atoms with van der Waals surface area (Å²) >= 11 is 0. The minimum Gasteiger partial charge on any atom is -0.426 e. The highest BCUT2D eigenvalue weighted by Crippen LogP contribution is 2.20. The summed E-state index contributed by atoms with van der Waals surface area (Å²) in [5.41, 5.74) is 0. The van der Waals surface area contributed by atoms with Crippen molar-refractivity contribution in [2.45, 2.75) is 56.6 Å². The summed E-state index contributed by atoms with van der Waals surface area (Å²) in [5, 5.41) is 31.1. The van der Waals surface area contributed by atoms with Gasteiger partial charge in [-0.3, -0.25) is 4.79 Å². The van der Waals surface area contributed by atoms with Gasteiger partial charge in [-0.25, -0.2) is 0 Å². The van der Waals surface area contributed by atoms with Crippen molar-refractivity contribution in [1.29, 1.82) is 0 Å². The van der Waals surface area contributed by atoms with E-state index in [2.05, 4.69) is 5.32 Å². The molecule has 2 aliphatic rings. The van der Waals surface area contributed by atoms with Crippen LogP contribution in [0.5, 0.6) is 0 Å². The summed E-state index contributed by atoms with van der Waals surface area (Å²) in [7, 11) is -1.45. The van der Waals surface area contributed by atoms with E-state index < -0.39 is 13.1 Å². The molecule has 1 saturated heterocycles. The van der Waals surface area contributed by atoms with Gasteiger partial charge in [0, 0.05) is 12.6 Å². The zero-order valence-corrected chi connectivity index (χ0v) is 11.2. The lowest BCUT2D eigenvalue weighted by Crippen LogP contribution is -2.49. The highest BCUT2D eigenvalue weighted by atomic mass is 16.4. The maximum absolute atomic E-state index is 12.1. The Morgan fingerprint density at radius 2 is 1.89 bits per heavy atom. The van der Waals surface area contributed by atoms with E-state index in [9.17, 15) is 19.9 Å². The highest BCUT2D eigenvalue weighted by molar-refractivity contribution is 6.43. The Balaban J connectivity index is 1.75. The summed E-state index contributed by atoms with van der Waals surface area (Å²) in [6, 6.07) is 0.285. The first-order chi connectivity index (χ1) is 9.08. The first kappa shape index (κ1) is 14.8. The van der Waals surface area contributed by atoms with Crippen molar-refractivity contribution in [3.05, 3.63) is 0 Å². The van der Waals surface area contributed by atoms with Crippen molar-refractivity contribution in [1.82, 2.24) is 10.2 Å². The Bertz CT molecular complexity index is 308. The van der Waals surface area contributed by atoms with Gasteiger partial charge in [-0.2, -0.15) is 0 Å². The van der Waals surface area contributed by atoms with Crippen molar-refractivity contribution in [3.63, 3.8) is 0 Å². The minimum atomic E-state index is -1.45. The van der Waals surface area contributed by atoms with E-state index in [1.807, 2.05) is 0 Å². The van der Waals surface area contributed by atoms with Crippen LogP contribution in [0.2, 0.25) is 0 Å². The van der Waals surface area contributed by atoms with Gasteiger partial charge in [-0.1, -0.05) is 0 Å². The van der Waals surface area contributed by atoms with Gasteiger partial charge in [0.15, 0.2) is 0 Å². The van der Waals surface area contributed by atoms with E-state index in [1.54, 1.807) is 4.90 Å². The topological polar surface area (TPSA) is 93.0 Å². The molecule has 108 valence electrons. The van der Waals surface area contributed by atoms with Crippen LogP contribution in [0.4, 0.5) is 0 Å². The maximum atomic E-state index is 12.1. The summed E-state index contributed by atoms with van der Waals surface area (Å²) in [4.78, 5) is 13.6. The molecule has 1 heterocycles. The zero-order chi connectivity index (χ0) is 13.8. The molecular formula is C12H23BN2O4. The Hall–Kier alpha value is -0.625. The largest absolute Gasteiger partial charge is 0.475 e. The molecule has 1 aliphatic carbocycles. The number of nitrogens with zero attached hydrogens (tertiary/aromatic N) is 1. The molecule has 6 nitrogen and oxygen atoms in total. The number of carbonyl (C=O) groups is 1. The van der Waals surface area contributed by atoms with E-state index in [0.717, 1.165) is 32.1 Å². The predicted molar refractivity (Wildman–Crippen MR) is 71.2 cm³/mol. The fourth-order valence-corrected chi connectivity index (χ4v) is 3.03. The second-order valence-electron chi connectivity index (χ2n) is 5.60. The normalized spacial score (nSPS) is 31.5. The Morgan fingerprint density at radius 1 is 1.21 bits per heavy atom. The van der Waals surface area contributed by atoms with Gasteiger partial charge >= 0.3 is 7.12 Å². The molecule has 0 aromatic carbocycles. The third-order valence-corrected chi connectivity index (χ3v) is 4.20. The fraction of sp³-hybridized carbons (Fsp3) is 0.917. The number of aliphatic hydroxyl groups excluding tert-OH is 1. The smallest absolute Gasteiger partial charge is 0.426 e. The second kappa shape index (κ2) is 6.70. The number of rotatable bonds is 4. The number of carbonyl (C=O) groups excluding carboxylic acids is 1. The van der Waals surface area contributed by atoms with Crippen LogP contribution in [0.1, 0.15) is 38.5 Å². The minimum absolute atomic E-state index is 0.0679. The van der Waals surface area contributed by atoms with E-state index >= 15 is 0 Å². The Morgan fingerprint density at radius 3 is 2.53 bits per heavy atom. The fourth-order valence-electron chi connectivity index (χ4n) is 3.03. The van der Waals surface area contributed by atoms with Crippen LogP contribution in [0, 0.1) is 0 Å². The monoisotopic (exact) mass is 270 g/mol. The standard InChI is InChI=1S/C12H23BN2O4/c16-10-5-3-9(4-6-10)14-8-12(17)15-7-1-2-11(15)13(18)19/h9-11,14,16,18-19H,1-8H2/t9?,10?,11-/m1/s1. The number of hydrogen-bond donors (Lipinski definition) is 4. The van der Waals surface area contributed by atoms with E-state index in [1.165, 1.54) is 0 Å². The lowest BCUT2D eigenvalue weighted by molar-refractivity contribution is -0.130. The molecule has 2 rings (SSSR count). The molecule has 1 saturated carbocycles. The van der Waals surface area contributed by atoms with E-state index in [-0.39, 0.29) is 24.6 Å². The number of likely N-dealkylation sites (tertiary alicyclic amines) is 1. The van der Waals surface area contributed by atoms with Gasteiger partial charge in [-0.05, 0) is 38.5 Å². The second-order valence-corrected chi connectivity index (χ2v) is 5.60. The lowest BCUT2D eigenvalue weighted by Gasteiger charge is -2.28. The maximum Gasteiger partial charge on any atom is 0.475 e. The summed E-state index contributed by atoms with van der Waals surface area (Å²) in [6.07, 6.45) is 4.63. The number of aliphatic hydroxyl groups is 1. The van der Waals surface area contributed by atoms with Gasteiger partial charge < -0.3 is 25.4 Å². The molecule has 0 radical (unpaired) electrons. The molecular weight excluding hydrogens is 247 g/mol. The molecule has 7 heteroatoms. The SMILES string of the molecule is O=C(CNC1CCC(O)CC1)N1CCC[C@@H]1B(O)O. The van der Waals surface area contributed by atoms with Crippen molar-refractivity contribution >= 4 is 13.0 Å². The summed E-state index contributed by atoms with van der Waals surface area (Å²) in [6.45, 7) is 0.843. The van der Waals surface area contributed by atoms with Gasteiger partial charge in [0.05, 0.1) is 18.6 Å². The van der Waals surface area contributed by atoms with Crippen molar-refractivity contribution in [2.75, 3.05) is 13.1 Å². The Labute approximate surface area is 113 Å². The van der Waals surface area contributed by atoms with Crippen molar-refractivity contribution in [2.24, 2.45) is 0 Å². The lowest BCUT2D eigenvalue weighted by atomic mass is 9.78. The first-order valence-electron chi connectivity index (χ1n) is 7.15. The van der Waals surface area contributed by atoms with Crippen LogP contribution in [0.25, 0.3) is 0 Å². The summed E-state index contributed by atoms with van der Waals surface area (Å²) in [5.74, 6) is -0.524. The quantitative estimate of drug-likeness (QED) is 0.486. The molecule has 0 aromatic heterocycles. The van der Waals surface area contributed by atoms with Gasteiger partial charge in [0.2, 0.25) is 5.91 Å². The molecule has 1 atom stereocenters. The zero-order valence-electron chi connectivity index (χ0n) is 11.2. The third kappa shape index (κ3) is 3.92. The molecule has 4 N–H and O–H groups in total. The van der Waals surface area contributed by atoms with Gasteiger partial charge in [-0.15, -0.1) is 0 Å². The van der Waals surface area contributed by atoms with Crippen LogP contribution in [0.15, 0.2) is 0 Å². The molecule has 19 heavy (non-hydrogen) atoms. The van der Waals surface area contributed by atoms with Crippen molar-refractivity contribution in [3.8, 4) is 0 Å². The third-order valence-electron chi connectivity index (χ3n) is 4.20. The highest BCUT2D eigenvalue weighted by Gasteiger charge is 2.36. The first-order valence-corrected chi connectivity index (χ1v) is 7.15. The molecule has 1 amide bonds. The van der Waals surface area contributed by atoms with E-state index in [4.69, 9.17) is 0 Å². The van der Waals surface area contributed by atoms with Crippen LogP contribution >= 0.6 is 0 Å². The van der Waals surface area contributed by atoms with Gasteiger partial charge in [0.25, 0.3) is 0 Å². The molecule has 0 spiro atoms. The van der Waals surface area contributed by atoms with Gasteiger partial charge in [0.1, 0.15) is 0 Å². The van der Waals surface area contributed by atoms with Crippen LogP contribution in [-0.2, 0) is 4.79 Å². The Kier molecular flexibility index (Phi) is 5.21. The molecule has 0 bridgehead atoms. The van der Waals surface area contributed by atoms with E-state index in [0.29, 0.717) is 13.0 Å². The number of hydrogen-bond acceptors (Lipinski definition) is 5. The number of amides is 1. The van der Waals surface area contributed by atoms with Crippen LogP contribution in [-0.4, -0.2) is 64.3 Å². The molecule has 0 aromatic rings. The van der Waals surface area contributed by atoms with Crippen LogP contribution in [0.3, 0.4) is 0 Å². The van der Waals surface area contributed by atoms with Crippen LogP contribution < -0.4 is 5.32 Å². The average molecular weight is 270 g/mol. The molecule has 1 aliphatic heterocycles. The molecule has 0 unspecified atom stereocenters. The van der Waals surface area contributed by atoms with Crippen molar-refractivity contribution < 1.29 is 19.9 Å².